The Morgan fingerprint density at radius 2 is 2.09 bits per heavy atom. The van der Waals surface area contributed by atoms with Gasteiger partial charge in [0, 0.05) is 42.8 Å². The van der Waals surface area contributed by atoms with Crippen molar-refractivity contribution < 1.29 is 4.79 Å². The highest BCUT2D eigenvalue weighted by Crippen LogP contribution is 2.20. The number of likely N-dealkylation sites (N-methyl/N-ethyl adjacent to an activating group) is 1. The lowest BCUT2D eigenvalue weighted by molar-refractivity contribution is -0.128. The number of amides is 1. The van der Waals surface area contributed by atoms with Gasteiger partial charge in [-0.3, -0.25) is 9.78 Å². The van der Waals surface area contributed by atoms with Crippen molar-refractivity contribution in [2.75, 3.05) is 18.4 Å². The average molecular weight is 297 g/mol. The summed E-state index contributed by atoms with van der Waals surface area (Å²) < 4.78 is 0. The first-order chi connectivity index (χ1) is 10.7. The summed E-state index contributed by atoms with van der Waals surface area (Å²) in [7, 11) is 0. The molecule has 0 bridgehead atoms. The highest BCUT2D eigenvalue weighted by Gasteiger charge is 2.30. The van der Waals surface area contributed by atoms with Gasteiger partial charge in [-0.2, -0.15) is 0 Å². The molecule has 0 spiro atoms. The van der Waals surface area contributed by atoms with Crippen LogP contribution in [-0.4, -0.2) is 44.9 Å². The van der Waals surface area contributed by atoms with Gasteiger partial charge in [0.25, 0.3) is 0 Å². The van der Waals surface area contributed by atoms with Gasteiger partial charge >= 0.3 is 0 Å². The number of pyridine rings is 1. The molecule has 3 heterocycles. The van der Waals surface area contributed by atoms with E-state index in [4.69, 9.17) is 0 Å². The lowest BCUT2D eigenvalue weighted by atomic mass is 10.2. The van der Waals surface area contributed by atoms with Crippen LogP contribution in [0.4, 0.5) is 5.82 Å². The molecule has 1 atom stereocenters. The van der Waals surface area contributed by atoms with E-state index in [9.17, 15) is 4.79 Å². The molecule has 0 radical (unpaired) electrons. The smallest absolute Gasteiger partial charge is 0.245 e. The number of hydrogen-bond acceptors (Lipinski definition) is 5. The number of carbonyl (C=O) groups excluding carboxylic acids is 1. The Balaban J connectivity index is 1.83. The molecule has 3 rings (SSSR count). The van der Waals surface area contributed by atoms with Crippen LogP contribution in [0.3, 0.4) is 0 Å². The molecule has 1 unspecified atom stereocenters. The van der Waals surface area contributed by atoms with Crippen LogP contribution in [0, 0.1) is 6.92 Å². The molecule has 1 fully saturated rings. The number of aromatic nitrogens is 3. The monoisotopic (exact) mass is 297 g/mol. The minimum absolute atomic E-state index is 0.143. The van der Waals surface area contributed by atoms with Crippen LogP contribution in [0.1, 0.15) is 19.0 Å². The van der Waals surface area contributed by atoms with Crippen LogP contribution in [-0.2, 0) is 4.79 Å². The van der Waals surface area contributed by atoms with Crippen molar-refractivity contribution in [1.82, 2.24) is 19.9 Å². The van der Waals surface area contributed by atoms with Gasteiger partial charge in [-0.1, -0.05) is 0 Å². The van der Waals surface area contributed by atoms with Crippen molar-refractivity contribution in [3.63, 3.8) is 0 Å². The number of hydrogen-bond donors (Lipinski definition) is 1. The van der Waals surface area contributed by atoms with Crippen molar-refractivity contribution in [3.05, 3.63) is 36.3 Å². The Morgan fingerprint density at radius 3 is 2.77 bits per heavy atom. The van der Waals surface area contributed by atoms with Crippen molar-refractivity contribution in [2.24, 2.45) is 0 Å². The number of nitrogens with zero attached hydrogens (tertiary/aromatic N) is 4. The van der Waals surface area contributed by atoms with E-state index in [-0.39, 0.29) is 11.9 Å². The summed E-state index contributed by atoms with van der Waals surface area (Å²) in [5, 5.41) is 3.25. The molecule has 1 saturated heterocycles. The largest absolute Gasteiger partial charge is 0.358 e. The molecule has 6 heteroatoms. The summed E-state index contributed by atoms with van der Waals surface area (Å²) >= 11 is 0. The molecule has 114 valence electrons. The van der Waals surface area contributed by atoms with Gasteiger partial charge in [0.15, 0.2) is 5.82 Å². The second-order valence-corrected chi connectivity index (χ2v) is 5.36. The Bertz CT molecular complexity index is 673. The van der Waals surface area contributed by atoms with E-state index in [2.05, 4.69) is 20.3 Å². The molecular formula is C16H19N5O. The van der Waals surface area contributed by atoms with E-state index in [1.807, 2.05) is 36.9 Å². The highest BCUT2D eigenvalue weighted by atomic mass is 16.2. The van der Waals surface area contributed by atoms with Gasteiger partial charge in [-0.15, -0.1) is 0 Å². The number of anilines is 1. The minimum atomic E-state index is -0.195. The first-order valence-electron chi connectivity index (χ1n) is 7.49. The molecule has 0 saturated carbocycles. The summed E-state index contributed by atoms with van der Waals surface area (Å²) in [4.78, 5) is 27.0. The third-order valence-electron chi connectivity index (χ3n) is 3.79. The van der Waals surface area contributed by atoms with E-state index >= 15 is 0 Å². The number of nitrogens with one attached hydrogen (secondary N) is 1. The van der Waals surface area contributed by atoms with Gasteiger partial charge in [0.05, 0.1) is 0 Å². The molecule has 0 aromatic carbocycles. The molecule has 1 aliphatic heterocycles. The number of aryl methyl sites for hydroxylation is 1. The fourth-order valence-electron chi connectivity index (χ4n) is 2.64. The second kappa shape index (κ2) is 6.09. The summed E-state index contributed by atoms with van der Waals surface area (Å²) in [6.07, 6.45) is 4.24. The maximum atomic E-state index is 12.2. The molecule has 0 aliphatic carbocycles. The van der Waals surface area contributed by atoms with Crippen LogP contribution >= 0.6 is 0 Å². The molecule has 22 heavy (non-hydrogen) atoms. The maximum absolute atomic E-state index is 12.2. The van der Waals surface area contributed by atoms with Crippen molar-refractivity contribution in [3.8, 4) is 11.4 Å². The lowest BCUT2D eigenvalue weighted by Gasteiger charge is -2.15. The fourth-order valence-corrected chi connectivity index (χ4v) is 2.64. The Kier molecular flexibility index (Phi) is 4.00. The molecule has 1 aliphatic rings. The van der Waals surface area contributed by atoms with Crippen LogP contribution in [0.15, 0.2) is 30.6 Å². The highest BCUT2D eigenvalue weighted by molar-refractivity contribution is 5.86. The van der Waals surface area contributed by atoms with E-state index < -0.39 is 0 Å². The quantitative estimate of drug-likeness (QED) is 0.933. The van der Waals surface area contributed by atoms with Gasteiger partial charge in [0.1, 0.15) is 11.9 Å². The standard InChI is InChI=1S/C16H19N5O/c1-3-21-9-6-13(16(21)22)19-14-10-11(2)18-15(20-14)12-4-7-17-8-5-12/h4-5,7-8,10,13H,3,6,9H2,1-2H3,(H,18,19,20). The van der Waals surface area contributed by atoms with Crippen LogP contribution in [0.5, 0.6) is 0 Å². The third kappa shape index (κ3) is 2.90. The topological polar surface area (TPSA) is 71.0 Å². The minimum Gasteiger partial charge on any atom is -0.358 e. The normalized spacial score (nSPS) is 17.8. The SMILES string of the molecule is CCN1CCC(Nc2cc(C)nc(-c3ccncc3)n2)C1=O. The predicted octanol–water partition coefficient (Wildman–Crippen LogP) is 1.88. The van der Waals surface area contributed by atoms with Crippen LogP contribution in [0.25, 0.3) is 11.4 Å². The number of likely N-dealkylation sites (tertiary alicyclic amines) is 1. The zero-order valence-electron chi connectivity index (χ0n) is 12.8. The van der Waals surface area contributed by atoms with E-state index in [0.29, 0.717) is 11.6 Å². The lowest BCUT2D eigenvalue weighted by Crippen LogP contribution is -2.33. The van der Waals surface area contributed by atoms with E-state index in [1.165, 1.54) is 0 Å². The summed E-state index contributed by atoms with van der Waals surface area (Å²) in [5.41, 5.74) is 1.77. The van der Waals surface area contributed by atoms with Gasteiger partial charge in [0.2, 0.25) is 5.91 Å². The maximum Gasteiger partial charge on any atom is 0.245 e. The zero-order chi connectivity index (χ0) is 15.5. The fraction of sp³-hybridized carbons (Fsp3) is 0.375. The summed E-state index contributed by atoms with van der Waals surface area (Å²) in [5.74, 6) is 1.47. The van der Waals surface area contributed by atoms with Crippen molar-refractivity contribution in [1.29, 1.82) is 0 Å². The predicted molar refractivity (Wildman–Crippen MR) is 84.3 cm³/mol. The molecular weight excluding hydrogens is 278 g/mol. The zero-order valence-corrected chi connectivity index (χ0v) is 12.8. The van der Waals surface area contributed by atoms with E-state index in [1.54, 1.807) is 12.4 Å². The van der Waals surface area contributed by atoms with Gasteiger partial charge in [-0.05, 0) is 32.4 Å². The molecule has 1 N–H and O–H groups in total. The first-order valence-corrected chi connectivity index (χ1v) is 7.49. The molecule has 1 amide bonds. The summed E-state index contributed by atoms with van der Waals surface area (Å²) in [6, 6.07) is 5.42. The van der Waals surface area contributed by atoms with Gasteiger partial charge in [-0.25, -0.2) is 9.97 Å². The number of carbonyl (C=O) groups is 1. The van der Waals surface area contributed by atoms with Gasteiger partial charge < -0.3 is 10.2 Å². The third-order valence-corrected chi connectivity index (χ3v) is 3.79. The van der Waals surface area contributed by atoms with Crippen molar-refractivity contribution in [2.45, 2.75) is 26.3 Å². The summed E-state index contributed by atoms with van der Waals surface area (Å²) in [6.45, 7) is 5.47. The van der Waals surface area contributed by atoms with Crippen molar-refractivity contribution >= 4 is 11.7 Å². The Labute approximate surface area is 129 Å². The second-order valence-electron chi connectivity index (χ2n) is 5.36. The van der Waals surface area contributed by atoms with Crippen LogP contribution < -0.4 is 5.32 Å². The molecule has 2 aromatic heterocycles. The first kappa shape index (κ1) is 14.4. The average Bonchev–Trinajstić information content (AvgIpc) is 2.88. The molecule has 2 aromatic rings. The molecule has 6 nitrogen and oxygen atoms in total. The Morgan fingerprint density at radius 1 is 1.32 bits per heavy atom. The van der Waals surface area contributed by atoms with Crippen LogP contribution in [0.2, 0.25) is 0 Å². The number of rotatable bonds is 4. The van der Waals surface area contributed by atoms with E-state index in [0.717, 1.165) is 30.8 Å². The Hall–Kier alpha value is -2.50.